The fourth-order valence-electron chi connectivity index (χ4n) is 3.53. The minimum atomic E-state index is -1.52. The number of nitrogens with zero attached hydrogens (tertiary/aromatic N) is 4. The van der Waals surface area contributed by atoms with Crippen LogP contribution in [0.3, 0.4) is 0 Å². The summed E-state index contributed by atoms with van der Waals surface area (Å²) in [7, 11) is -1.52. The Morgan fingerprint density at radius 1 is 1.13 bits per heavy atom. The lowest BCUT2D eigenvalue weighted by molar-refractivity contribution is 0.100. The third-order valence-electron chi connectivity index (χ3n) is 5.05. The van der Waals surface area contributed by atoms with Crippen LogP contribution in [0.15, 0.2) is 48.5 Å². The monoisotopic (exact) mass is 416 g/mol. The molecule has 1 amide bonds. The molecular weight excluding hydrogens is 395 g/mol. The predicted molar refractivity (Wildman–Crippen MR) is 118 cm³/mol. The molecule has 0 bridgehead atoms. The van der Waals surface area contributed by atoms with Crippen molar-refractivity contribution in [3.8, 4) is 5.95 Å². The second-order valence-corrected chi connectivity index (χ2v) is 7.24. The molecule has 0 radical (unpaired) electrons. The maximum absolute atomic E-state index is 11.8. The first-order chi connectivity index (χ1) is 14.8. The zero-order valence-corrected chi connectivity index (χ0v) is 17.1. The summed E-state index contributed by atoms with van der Waals surface area (Å²) in [4.78, 5) is 16.4. The number of hydrogen-bond acceptors (Lipinski definition) is 7. The summed E-state index contributed by atoms with van der Waals surface area (Å²) >= 11 is 0. The topological polar surface area (TPSA) is 139 Å². The van der Waals surface area contributed by atoms with Crippen LogP contribution >= 0.6 is 0 Å². The molecule has 0 unspecified atom stereocenters. The second kappa shape index (κ2) is 8.17. The van der Waals surface area contributed by atoms with Crippen molar-refractivity contribution in [2.24, 2.45) is 5.73 Å². The molecule has 5 N–H and O–H groups in total. The molecule has 2 aromatic heterocycles. The summed E-state index contributed by atoms with van der Waals surface area (Å²) in [6, 6.07) is 14.2. The Kier molecular flexibility index (Phi) is 5.41. The molecule has 2 heterocycles. The van der Waals surface area contributed by atoms with E-state index in [0.29, 0.717) is 35.0 Å². The molecule has 0 spiro atoms. The number of amides is 1. The Bertz CT molecular complexity index is 1290. The van der Waals surface area contributed by atoms with Gasteiger partial charge in [-0.25, -0.2) is 0 Å². The fourth-order valence-corrected chi connectivity index (χ4v) is 3.53. The molecule has 0 aliphatic heterocycles. The van der Waals surface area contributed by atoms with Crippen molar-refractivity contribution < 1.29 is 14.8 Å². The summed E-state index contributed by atoms with van der Waals surface area (Å²) < 4.78 is 1.82. The molecule has 0 aliphatic rings. The Morgan fingerprint density at radius 3 is 2.65 bits per heavy atom. The van der Waals surface area contributed by atoms with Crippen molar-refractivity contribution >= 4 is 35.2 Å². The van der Waals surface area contributed by atoms with Crippen molar-refractivity contribution in [1.29, 1.82) is 0 Å². The van der Waals surface area contributed by atoms with Gasteiger partial charge in [-0.2, -0.15) is 4.98 Å². The van der Waals surface area contributed by atoms with Crippen LogP contribution in [0.4, 0.5) is 5.82 Å². The highest BCUT2D eigenvalue weighted by Crippen LogP contribution is 2.26. The van der Waals surface area contributed by atoms with Crippen LogP contribution in [0.1, 0.15) is 27.3 Å². The smallest absolute Gasteiger partial charge is 0.423 e. The molecule has 9 nitrogen and oxygen atoms in total. The SMILES string of the molecule is Cc1nnc(-n2c(C)cc3c(C(N)=O)cccc32)nc1NCc1cccc(B(O)O)c1. The van der Waals surface area contributed by atoms with E-state index < -0.39 is 13.0 Å². The molecule has 0 saturated carbocycles. The average molecular weight is 416 g/mol. The van der Waals surface area contributed by atoms with Gasteiger partial charge in [0.1, 0.15) is 5.69 Å². The maximum atomic E-state index is 11.8. The molecule has 0 atom stereocenters. The van der Waals surface area contributed by atoms with Crippen molar-refractivity contribution in [3.63, 3.8) is 0 Å². The van der Waals surface area contributed by atoms with Gasteiger partial charge in [0.05, 0.1) is 5.52 Å². The van der Waals surface area contributed by atoms with Gasteiger partial charge >= 0.3 is 7.12 Å². The number of rotatable bonds is 6. The van der Waals surface area contributed by atoms with E-state index in [1.54, 1.807) is 37.3 Å². The van der Waals surface area contributed by atoms with E-state index >= 15 is 0 Å². The van der Waals surface area contributed by atoms with E-state index in [2.05, 4.69) is 20.5 Å². The molecule has 4 rings (SSSR count). The third kappa shape index (κ3) is 3.98. The number of hydrogen-bond donors (Lipinski definition) is 4. The third-order valence-corrected chi connectivity index (χ3v) is 5.05. The predicted octanol–water partition coefficient (Wildman–Crippen LogP) is 0.823. The molecule has 0 saturated heterocycles. The van der Waals surface area contributed by atoms with Gasteiger partial charge in [0, 0.05) is 23.2 Å². The van der Waals surface area contributed by atoms with Crippen molar-refractivity contribution in [3.05, 3.63) is 71.0 Å². The number of carbonyl (C=O) groups excluding carboxylic acids is 1. The zero-order valence-electron chi connectivity index (χ0n) is 17.1. The molecule has 0 aliphatic carbocycles. The highest BCUT2D eigenvalue weighted by Gasteiger charge is 2.16. The minimum Gasteiger partial charge on any atom is -0.423 e. The van der Waals surface area contributed by atoms with E-state index in [-0.39, 0.29) is 0 Å². The number of nitrogens with two attached hydrogens (primary N) is 1. The Labute approximate surface area is 178 Å². The largest absolute Gasteiger partial charge is 0.488 e. The number of aromatic nitrogens is 4. The molecular formula is C21H21BN6O3. The second-order valence-electron chi connectivity index (χ2n) is 7.24. The Morgan fingerprint density at radius 2 is 1.90 bits per heavy atom. The number of fused-ring (bicyclic) bond motifs is 1. The van der Waals surface area contributed by atoms with Crippen LogP contribution in [0.25, 0.3) is 16.9 Å². The highest BCUT2D eigenvalue weighted by atomic mass is 16.4. The lowest BCUT2D eigenvalue weighted by Gasteiger charge is -2.12. The summed E-state index contributed by atoms with van der Waals surface area (Å²) in [5.74, 6) is 0.414. The summed E-state index contributed by atoms with van der Waals surface area (Å²) in [6.45, 7) is 4.11. The van der Waals surface area contributed by atoms with Gasteiger partial charge in [-0.05, 0) is 43.1 Å². The summed E-state index contributed by atoms with van der Waals surface area (Å²) in [5, 5.41) is 31.1. The van der Waals surface area contributed by atoms with Gasteiger partial charge in [-0.1, -0.05) is 30.3 Å². The van der Waals surface area contributed by atoms with Gasteiger partial charge in [0.2, 0.25) is 5.91 Å². The van der Waals surface area contributed by atoms with Crippen molar-refractivity contribution in [2.75, 3.05) is 5.32 Å². The van der Waals surface area contributed by atoms with E-state index in [1.807, 2.05) is 29.7 Å². The van der Waals surface area contributed by atoms with Crippen LogP contribution < -0.4 is 16.5 Å². The van der Waals surface area contributed by atoms with Gasteiger partial charge in [0.25, 0.3) is 5.95 Å². The first-order valence-corrected chi connectivity index (χ1v) is 9.66. The fraction of sp³-hybridized carbons (Fsp3) is 0.143. The highest BCUT2D eigenvalue weighted by molar-refractivity contribution is 6.58. The average Bonchev–Trinajstić information content (AvgIpc) is 3.09. The van der Waals surface area contributed by atoms with Crippen LogP contribution in [0.2, 0.25) is 0 Å². The quantitative estimate of drug-likeness (QED) is 0.341. The zero-order chi connectivity index (χ0) is 22.1. The van der Waals surface area contributed by atoms with Crippen LogP contribution in [-0.4, -0.2) is 42.8 Å². The number of primary amides is 1. The van der Waals surface area contributed by atoms with E-state index in [9.17, 15) is 14.8 Å². The summed E-state index contributed by atoms with van der Waals surface area (Å²) in [6.07, 6.45) is 0. The van der Waals surface area contributed by atoms with Crippen molar-refractivity contribution in [1.82, 2.24) is 19.7 Å². The van der Waals surface area contributed by atoms with Crippen molar-refractivity contribution in [2.45, 2.75) is 20.4 Å². The number of anilines is 1. The molecule has 0 fully saturated rings. The number of benzene rings is 2. The standard InChI is InChI=1S/C21H21BN6O3/c1-12-9-17-16(19(23)29)7-4-8-18(17)28(12)21-25-20(13(2)26-27-21)24-11-14-5-3-6-15(10-14)22(30)31/h3-10,30-31H,11H2,1-2H3,(H2,23,29)(H,24,25,27). The van der Waals surface area contributed by atoms with Gasteiger partial charge in [-0.15, -0.1) is 10.2 Å². The van der Waals surface area contributed by atoms with Crippen LogP contribution in [-0.2, 0) is 6.54 Å². The minimum absolute atomic E-state index is 0.363. The Balaban J connectivity index is 1.69. The number of nitrogens with one attached hydrogen (secondary N) is 1. The molecule has 4 aromatic rings. The molecule has 10 heteroatoms. The lowest BCUT2D eigenvalue weighted by Crippen LogP contribution is -2.30. The molecule has 2 aromatic carbocycles. The molecule has 156 valence electrons. The maximum Gasteiger partial charge on any atom is 0.488 e. The molecule has 31 heavy (non-hydrogen) atoms. The van der Waals surface area contributed by atoms with Crippen LogP contribution in [0, 0.1) is 13.8 Å². The van der Waals surface area contributed by atoms with Crippen LogP contribution in [0.5, 0.6) is 0 Å². The summed E-state index contributed by atoms with van der Waals surface area (Å²) in [5.41, 5.74) is 9.44. The first kappa shape index (κ1) is 20.5. The van der Waals surface area contributed by atoms with Gasteiger partial charge in [0.15, 0.2) is 5.82 Å². The number of carbonyl (C=O) groups is 1. The van der Waals surface area contributed by atoms with E-state index in [4.69, 9.17) is 5.73 Å². The Hall–Kier alpha value is -3.76. The lowest BCUT2D eigenvalue weighted by atomic mass is 9.80. The first-order valence-electron chi connectivity index (χ1n) is 9.66. The number of aryl methyl sites for hydroxylation is 2. The normalized spacial score (nSPS) is 11.0. The van der Waals surface area contributed by atoms with Gasteiger partial charge < -0.3 is 21.1 Å². The van der Waals surface area contributed by atoms with Gasteiger partial charge in [-0.3, -0.25) is 9.36 Å². The van der Waals surface area contributed by atoms with E-state index in [1.165, 1.54) is 0 Å². The van der Waals surface area contributed by atoms with E-state index in [0.717, 1.165) is 22.2 Å².